The molecule has 0 radical (unpaired) electrons. The molecule has 18 heavy (non-hydrogen) atoms. The van der Waals surface area contributed by atoms with E-state index in [2.05, 4.69) is 17.0 Å². The van der Waals surface area contributed by atoms with Crippen LogP contribution in [0.25, 0.3) is 0 Å². The summed E-state index contributed by atoms with van der Waals surface area (Å²) in [6.45, 7) is 0.914. The van der Waals surface area contributed by atoms with Crippen molar-refractivity contribution in [3.8, 4) is 5.75 Å². The fourth-order valence-corrected chi connectivity index (χ4v) is 2.79. The maximum atomic E-state index is 12.2. The van der Waals surface area contributed by atoms with Crippen LogP contribution in [0.5, 0.6) is 5.75 Å². The van der Waals surface area contributed by atoms with Gasteiger partial charge in [-0.15, -0.1) is 0 Å². The number of amides is 1. The summed E-state index contributed by atoms with van der Waals surface area (Å²) in [4.78, 5) is 14.3. The first-order chi connectivity index (χ1) is 8.79. The molecule has 2 fully saturated rings. The van der Waals surface area contributed by atoms with Gasteiger partial charge in [-0.3, -0.25) is 4.79 Å². The molecule has 0 N–H and O–H groups in total. The summed E-state index contributed by atoms with van der Waals surface area (Å²) >= 11 is 0. The Hall–Kier alpha value is -1.51. The summed E-state index contributed by atoms with van der Waals surface area (Å²) in [6.07, 6.45) is 4.35. The lowest BCUT2D eigenvalue weighted by atomic mass is 10.0. The molecule has 0 aromatic heterocycles. The zero-order valence-corrected chi connectivity index (χ0v) is 10.8. The van der Waals surface area contributed by atoms with Gasteiger partial charge in [0.1, 0.15) is 5.75 Å². The van der Waals surface area contributed by atoms with E-state index in [0.717, 1.165) is 38.0 Å². The average molecular weight is 245 g/mol. The molecule has 96 valence electrons. The van der Waals surface area contributed by atoms with E-state index >= 15 is 0 Å². The minimum Gasteiger partial charge on any atom is -0.497 e. The van der Waals surface area contributed by atoms with Gasteiger partial charge in [0.25, 0.3) is 0 Å². The molecular formula is C15H19NO2. The number of hydrogen-bond acceptors (Lipinski definition) is 2. The Kier molecular flexibility index (Phi) is 2.98. The number of likely N-dealkylation sites (tertiary alicyclic amines) is 1. The fraction of sp³-hybridized carbons (Fsp3) is 0.533. The average Bonchev–Trinajstić information content (AvgIpc) is 3.15. The van der Waals surface area contributed by atoms with Crippen LogP contribution in [0.3, 0.4) is 0 Å². The molecule has 1 unspecified atom stereocenters. The van der Waals surface area contributed by atoms with E-state index < -0.39 is 0 Å². The number of carbonyl (C=O) groups is 1. The highest BCUT2D eigenvalue weighted by Gasteiger charge is 2.38. The first-order valence-corrected chi connectivity index (χ1v) is 6.74. The second-order valence-corrected chi connectivity index (χ2v) is 5.24. The highest BCUT2D eigenvalue weighted by atomic mass is 16.5. The predicted octanol–water partition coefficient (Wildman–Crippen LogP) is 2.77. The molecule has 1 aromatic rings. The second-order valence-electron chi connectivity index (χ2n) is 5.24. The van der Waals surface area contributed by atoms with E-state index in [1.165, 1.54) is 5.56 Å². The molecular weight excluding hydrogens is 226 g/mol. The van der Waals surface area contributed by atoms with Crippen LogP contribution in [0.2, 0.25) is 0 Å². The Morgan fingerprint density at radius 2 is 2.17 bits per heavy atom. The van der Waals surface area contributed by atoms with Crippen molar-refractivity contribution < 1.29 is 9.53 Å². The van der Waals surface area contributed by atoms with Crippen molar-refractivity contribution in [1.82, 2.24) is 4.90 Å². The Labute approximate surface area is 108 Å². The maximum absolute atomic E-state index is 12.2. The lowest BCUT2D eigenvalue weighted by Gasteiger charge is -2.25. The minimum atomic E-state index is 0.258. The zero-order valence-electron chi connectivity index (χ0n) is 10.8. The molecule has 3 heteroatoms. The van der Waals surface area contributed by atoms with E-state index in [0.29, 0.717) is 11.8 Å². The van der Waals surface area contributed by atoms with Gasteiger partial charge in [-0.1, -0.05) is 12.1 Å². The molecule has 2 aliphatic rings. The van der Waals surface area contributed by atoms with Gasteiger partial charge in [-0.25, -0.2) is 0 Å². The molecule has 1 amide bonds. The lowest BCUT2D eigenvalue weighted by Crippen LogP contribution is -2.31. The fourth-order valence-electron chi connectivity index (χ4n) is 2.79. The Balaban J connectivity index is 1.82. The number of hydrogen-bond donors (Lipinski definition) is 0. The monoisotopic (exact) mass is 245 g/mol. The van der Waals surface area contributed by atoms with Crippen LogP contribution in [0.4, 0.5) is 0 Å². The molecule has 1 saturated heterocycles. The van der Waals surface area contributed by atoms with E-state index in [4.69, 9.17) is 4.74 Å². The van der Waals surface area contributed by atoms with Gasteiger partial charge in [0.2, 0.25) is 5.91 Å². The normalized spacial score (nSPS) is 23.2. The van der Waals surface area contributed by atoms with Crippen molar-refractivity contribution in [1.29, 1.82) is 0 Å². The predicted molar refractivity (Wildman–Crippen MR) is 69.4 cm³/mol. The van der Waals surface area contributed by atoms with Crippen LogP contribution in [-0.2, 0) is 4.79 Å². The van der Waals surface area contributed by atoms with Gasteiger partial charge in [0.05, 0.1) is 13.2 Å². The van der Waals surface area contributed by atoms with Crippen molar-refractivity contribution in [2.24, 2.45) is 5.92 Å². The summed E-state index contributed by atoms with van der Waals surface area (Å²) in [5.41, 5.74) is 1.21. The van der Waals surface area contributed by atoms with E-state index in [9.17, 15) is 4.79 Å². The smallest absolute Gasteiger partial charge is 0.226 e. The van der Waals surface area contributed by atoms with Gasteiger partial charge in [0.15, 0.2) is 0 Å². The first-order valence-electron chi connectivity index (χ1n) is 6.74. The third kappa shape index (κ3) is 2.09. The van der Waals surface area contributed by atoms with Crippen LogP contribution in [0, 0.1) is 5.92 Å². The molecule has 1 aromatic carbocycles. The van der Waals surface area contributed by atoms with Crippen molar-refractivity contribution in [2.75, 3.05) is 13.7 Å². The van der Waals surface area contributed by atoms with Crippen molar-refractivity contribution in [3.05, 3.63) is 29.8 Å². The van der Waals surface area contributed by atoms with Crippen LogP contribution < -0.4 is 4.74 Å². The molecule has 3 rings (SSSR count). The second kappa shape index (κ2) is 4.63. The molecule has 1 heterocycles. The van der Waals surface area contributed by atoms with Crippen LogP contribution in [0.15, 0.2) is 24.3 Å². The summed E-state index contributed by atoms with van der Waals surface area (Å²) in [7, 11) is 1.68. The topological polar surface area (TPSA) is 29.5 Å². The molecule has 1 aliphatic carbocycles. The number of methoxy groups -OCH3 is 1. The van der Waals surface area contributed by atoms with Crippen molar-refractivity contribution in [2.45, 2.75) is 31.7 Å². The minimum absolute atomic E-state index is 0.258. The van der Waals surface area contributed by atoms with Gasteiger partial charge in [0, 0.05) is 12.5 Å². The van der Waals surface area contributed by atoms with Crippen molar-refractivity contribution >= 4 is 5.91 Å². The summed E-state index contributed by atoms with van der Waals surface area (Å²) < 4.78 is 5.27. The number of ether oxygens (including phenoxy) is 1. The zero-order chi connectivity index (χ0) is 12.5. The van der Waals surface area contributed by atoms with E-state index in [1.807, 2.05) is 12.1 Å². The van der Waals surface area contributed by atoms with Gasteiger partial charge in [-0.2, -0.15) is 0 Å². The summed E-state index contributed by atoms with van der Waals surface area (Å²) in [6, 6.07) is 8.38. The number of carbonyl (C=O) groups excluding carboxylic acids is 1. The molecule has 3 nitrogen and oxygen atoms in total. The highest BCUT2D eigenvalue weighted by Crippen LogP contribution is 2.39. The number of benzene rings is 1. The quantitative estimate of drug-likeness (QED) is 0.819. The Morgan fingerprint density at radius 3 is 2.89 bits per heavy atom. The summed E-state index contributed by atoms with van der Waals surface area (Å²) in [5, 5.41) is 0. The van der Waals surface area contributed by atoms with Gasteiger partial charge < -0.3 is 9.64 Å². The molecule has 1 atom stereocenters. The highest BCUT2D eigenvalue weighted by molar-refractivity contribution is 5.81. The Bertz CT molecular complexity index is 454. The van der Waals surface area contributed by atoms with Gasteiger partial charge in [-0.05, 0) is 43.4 Å². The van der Waals surface area contributed by atoms with E-state index in [-0.39, 0.29) is 6.04 Å². The largest absolute Gasteiger partial charge is 0.497 e. The maximum Gasteiger partial charge on any atom is 0.226 e. The molecule has 0 bridgehead atoms. The number of nitrogens with zero attached hydrogens (tertiary/aromatic N) is 1. The Morgan fingerprint density at radius 1 is 1.33 bits per heavy atom. The SMILES string of the molecule is COc1cccc(C2CCCN2C(=O)C2CC2)c1. The summed E-state index contributed by atoms with van der Waals surface area (Å²) in [5.74, 6) is 1.55. The van der Waals surface area contributed by atoms with E-state index in [1.54, 1.807) is 7.11 Å². The molecule has 1 aliphatic heterocycles. The third-order valence-corrected chi connectivity index (χ3v) is 3.94. The third-order valence-electron chi connectivity index (χ3n) is 3.94. The standard InChI is InChI=1S/C15H19NO2/c1-18-13-5-2-4-12(10-13)14-6-3-9-16(14)15(17)11-7-8-11/h2,4-5,10-11,14H,3,6-9H2,1H3. The first kappa shape index (κ1) is 11.6. The van der Waals surface area contributed by atoms with Crippen LogP contribution in [-0.4, -0.2) is 24.5 Å². The molecule has 0 spiro atoms. The van der Waals surface area contributed by atoms with Crippen molar-refractivity contribution in [3.63, 3.8) is 0 Å². The van der Waals surface area contributed by atoms with Gasteiger partial charge >= 0.3 is 0 Å². The lowest BCUT2D eigenvalue weighted by molar-refractivity contribution is -0.133. The number of rotatable bonds is 3. The van der Waals surface area contributed by atoms with Crippen LogP contribution in [0.1, 0.15) is 37.3 Å². The molecule has 1 saturated carbocycles. The van der Waals surface area contributed by atoms with Crippen LogP contribution >= 0.6 is 0 Å².